The average molecular weight is 301 g/mol. The zero-order chi connectivity index (χ0) is 14.7. The number of esters is 1. The number of thiazole rings is 1. The number of carbonyl (C=O) groups is 1. The largest absolute Gasteiger partial charge is 0.468 e. The number of methoxy groups -OCH3 is 1. The molecule has 4 heteroatoms. The van der Waals surface area contributed by atoms with Gasteiger partial charge in [-0.2, -0.15) is 0 Å². The lowest BCUT2D eigenvalue weighted by molar-refractivity contribution is -0.143. The first-order valence-electron chi connectivity index (χ1n) is 7.32. The third-order valence-electron chi connectivity index (χ3n) is 4.07. The van der Waals surface area contributed by atoms with Crippen LogP contribution in [0.2, 0.25) is 0 Å². The first-order valence-corrected chi connectivity index (χ1v) is 8.20. The number of rotatable bonds is 6. The number of aromatic nitrogens is 1. The Morgan fingerprint density at radius 1 is 1.29 bits per heavy atom. The Morgan fingerprint density at radius 2 is 2.05 bits per heavy atom. The van der Waals surface area contributed by atoms with E-state index in [0.29, 0.717) is 0 Å². The summed E-state index contributed by atoms with van der Waals surface area (Å²) in [7, 11) is 1.45. The van der Waals surface area contributed by atoms with Gasteiger partial charge in [-0.15, -0.1) is 11.3 Å². The number of benzene rings is 1. The van der Waals surface area contributed by atoms with Gasteiger partial charge in [0, 0.05) is 5.38 Å². The zero-order valence-electron chi connectivity index (χ0n) is 12.2. The van der Waals surface area contributed by atoms with E-state index in [-0.39, 0.29) is 5.97 Å². The van der Waals surface area contributed by atoms with Crippen molar-refractivity contribution in [2.75, 3.05) is 7.11 Å². The molecule has 0 atom stereocenters. The van der Waals surface area contributed by atoms with E-state index in [1.54, 1.807) is 11.3 Å². The Balaban J connectivity index is 1.57. The van der Waals surface area contributed by atoms with Crippen molar-refractivity contribution in [2.45, 2.75) is 37.5 Å². The average Bonchev–Trinajstić information content (AvgIpc) is 3.20. The molecule has 0 radical (unpaired) electrons. The molecule has 0 bridgehead atoms. The molecule has 3 nitrogen and oxygen atoms in total. The summed E-state index contributed by atoms with van der Waals surface area (Å²) in [5.74, 6) is -0.136. The lowest BCUT2D eigenvalue weighted by Crippen LogP contribution is -2.22. The van der Waals surface area contributed by atoms with Crippen LogP contribution in [0.4, 0.5) is 0 Å². The fraction of sp³-hybridized carbons (Fsp3) is 0.412. The molecule has 0 unspecified atom stereocenters. The molecule has 1 aliphatic carbocycles. The van der Waals surface area contributed by atoms with Crippen LogP contribution in [-0.2, 0) is 27.8 Å². The molecule has 0 aliphatic heterocycles. The van der Waals surface area contributed by atoms with Gasteiger partial charge in [0.2, 0.25) is 0 Å². The number of ether oxygens (including phenoxy) is 1. The van der Waals surface area contributed by atoms with Gasteiger partial charge < -0.3 is 4.74 Å². The molecule has 0 amide bonds. The molecule has 1 aliphatic rings. The van der Waals surface area contributed by atoms with Crippen LogP contribution in [0, 0.1) is 0 Å². The lowest BCUT2D eigenvalue weighted by Gasteiger charge is -2.08. The molecule has 1 saturated carbocycles. The molecule has 0 spiro atoms. The molecule has 1 aromatic heterocycles. The van der Waals surface area contributed by atoms with Gasteiger partial charge in [-0.25, -0.2) is 4.98 Å². The van der Waals surface area contributed by atoms with Crippen molar-refractivity contribution in [3.8, 4) is 0 Å². The summed E-state index contributed by atoms with van der Waals surface area (Å²) in [4.78, 5) is 16.5. The summed E-state index contributed by atoms with van der Waals surface area (Å²) < 4.78 is 4.91. The minimum atomic E-state index is -0.428. The second-order valence-corrected chi connectivity index (χ2v) is 6.48. The van der Waals surface area contributed by atoms with Crippen LogP contribution in [0.5, 0.6) is 0 Å². The minimum Gasteiger partial charge on any atom is -0.468 e. The van der Waals surface area contributed by atoms with Crippen molar-refractivity contribution in [1.29, 1.82) is 0 Å². The summed E-state index contributed by atoms with van der Waals surface area (Å²) in [5, 5.41) is 3.15. The van der Waals surface area contributed by atoms with E-state index in [9.17, 15) is 4.79 Å². The van der Waals surface area contributed by atoms with Crippen molar-refractivity contribution < 1.29 is 9.53 Å². The van der Waals surface area contributed by atoms with Crippen molar-refractivity contribution in [1.82, 2.24) is 4.98 Å². The Bertz CT molecular complexity index is 617. The summed E-state index contributed by atoms with van der Waals surface area (Å²) in [5.41, 5.74) is 1.85. The van der Waals surface area contributed by atoms with Gasteiger partial charge in [0.25, 0.3) is 0 Å². The van der Waals surface area contributed by atoms with Crippen LogP contribution in [-0.4, -0.2) is 18.1 Å². The normalized spacial score (nSPS) is 15.7. The molecule has 2 aromatic rings. The number of aryl methyl sites for hydroxylation is 2. The van der Waals surface area contributed by atoms with E-state index in [1.807, 2.05) is 11.4 Å². The van der Waals surface area contributed by atoms with Crippen molar-refractivity contribution in [3.05, 3.63) is 52.0 Å². The van der Waals surface area contributed by atoms with E-state index in [2.05, 4.69) is 29.2 Å². The van der Waals surface area contributed by atoms with Gasteiger partial charge in [-0.1, -0.05) is 30.3 Å². The SMILES string of the molecule is COC(=O)C1(c2csc(CCCc3ccccc3)n2)CC1. The second-order valence-electron chi connectivity index (χ2n) is 5.54. The van der Waals surface area contributed by atoms with Gasteiger partial charge in [0.05, 0.1) is 17.8 Å². The van der Waals surface area contributed by atoms with Crippen LogP contribution in [0.15, 0.2) is 35.7 Å². The highest BCUT2D eigenvalue weighted by molar-refractivity contribution is 7.09. The van der Waals surface area contributed by atoms with E-state index in [4.69, 9.17) is 4.74 Å². The van der Waals surface area contributed by atoms with E-state index in [1.165, 1.54) is 12.7 Å². The molecule has 0 saturated heterocycles. The number of hydrogen-bond acceptors (Lipinski definition) is 4. The van der Waals surface area contributed by atoms with Gasteiger partial charge in [-0.05, 0) is 37.7 Å². The van der Waals surface area contributed by atoms with Crippen molar-refractivity contribution >= 4 is 17.3 Å². The summed E-state index contributed by atoms with van der Waals surface area (Å²) >= 11 is 1.66. The second kappa shape index (κ2) is 5.98. The maximum Gasteiger partial charge on any atom is 0.317 e. The summed E-state index contributed by atoms with van der Waals surface area (Å²) in [6, 6.07) is 10.5. The van der Waals surface area contributed by atoms with Crippen molar-refractivity contribution in [2.24, 2.45) is 0 Å². The monoisotopic (exact) mass is 301 g/mol. The molecule has 21 heavy (non-hydrogen) atoms. The van der Waals surface area contributed by atoms with Crippen LogP contribution >= 0.6 is 11.3 Å². The summed E-state index contributed by atoms with van der Waals surface area (Å²) in [6.45, 7) is 0. The van der Waals surface area contributed by atoms with Gasteiger partial charge in [0.15, 0.2) is 0 Å². The highest BCUT2D eigenvalue weighted by atomic mass is 32.1. The number of hydrogen-bond donors (Lipinski definition) is 0. The quantitative estimate of drug-likeness (QED) is 0.766. The Hall–Kier alpha value is -1.68. The molecular formula is C17H19NO2S. The highest BCUT2D eigenvalue weighted by Crippen LogP contribution is 2.49. The number of carbonyl (C=O) groups excluding carboxylic acids is 1. The summed E-state index contributed by atoms with van der Waals surface area (Å²) in [6.07, 6.45) is 4.86. The van der Waals surface area contributed by atoms with Crippen LogP contribution in [0.25, 0.3) is 0 Å². The smallest absolute Gasteiger partial charge is 0.317 e. The molecular weight excluding hydrogens is 282 g/mol. The Kier molecular flexibility index (Phi) is 4.06. The Morgan fingerprint density at radius 3 is 2.71 bits per heavy atom. The molecule has 1 fully saturated rings. The highest BCUT2D eigenvalue weighted by Gasteiger charge is 2.54. The fourth-order valence-electron chi connectivity index (χ4n) is 2.62. The first kappa shape index (κ1) is 14.3. The minimum absolute atomic E-state index is 0.136. The first-order chi connectivity index (χ1) is 10.2. The maximum absolute atomic E-state index is 11.8. The topological polar surface area (TPSA) is 39.2 Å². The molecule has 0 N–H and O–H groups in total. The van der Waals surface area contributed by atoms with E-state index in [0.717, 1.165) is 42.8 Å². The van der Waals surface area contributed by atoms with Gasteiger partial charge in [-0.3, -0.25) is 4.79 Å². The van der Waals surface area contributed by atoms with Crippen LogP contribution in [0.1, 0.15) is 35.5 Å². The van der Waals surface area contributed by atoms with Gasteiger partial charge in [0.1, 0.15) is 5.41 Å². The van der Waals surface area contributed by atoms with E-state index >= 15 is 0 Å². The third-order valence-corrected chi connectivity index (χ3v) is 4.98. The lowest BCUT2D eigenvalue weighted by atomic mass is 10.0. The molecule has 1 aromatic carbocycles. The standard InChI is InChI=1S/C17H19NO2S/c1-20-16(19)17(10-11-17)14-12-21-15(18-14)9-5-8-13-6-3-2-4-7-13/h2-4,6-7,12H,5,8-11H2,1H3. The third kappa shape index (κ3) is 3.00. The Labute approximate surface area is 129 Å². The fourth-order valence-corrected chi connectivity index (χ4v) is 3.56. The molecule has 110 valence electrons. The molecule has 3 rings (SSSR count). The number of nitrogens with zero attached hydrogens (tertiary/aromatic N) is 1. The van der Waals surface area contributed by atoms with Gasteiger partial charge >= 0.3 is 5.97 Å². The van der Waals surface area contributed by atoms with Crippen LogP contribution < -0.4 is 0 Å². The van der Waals surface area contributed by atoms with Crippen LogP contribution in [0.3, 0.4) is 0 Å². The predicted molar refractivity (Wildman–Crippen MR) is 83.5 cm³/mol. The predicted octanol–water partition coefficient (Wildman–Crippen LogP) is 3.52. The zero-order valence-corrected chi connectivity index (χ0v) is 13.0. The maximum atomic E-state index is 11.8. The van der Waals surface area contributed by atoms with E-state index < -0.39 is 5.41 Å². The van der Waals surface area contributed by atoms with Crippen molar-refractivity contribution in [3.63, 3.8) is 0 Å². The molecule has 1 heterocycles.